The first-order valence-electron chi connectivity index (χ1n) is 7.65. The number of rotatable bonds is 2. The number of phenols is 1. The lowest BCUT2D eigenvalue weighted by atomic mass is 9.62. The predicted molar refractivity (Wildman–Crippen MR) is 86.7 cm³/mol. The number of methoxy groups -OCH3 is 2. The van der Waals surface area contributed by atoms with Crippen molar-refractivity contribution in [2.24, 2.45) is 11.8 Å². The summed E-state index contributed by atoms with van der Waals surface area (Å²) in [6.07, 6.45) is 1.97. The maximum Gasteiger partial charge on any atom is 0.309 e. The summed E-state index contributed by atoms with van der Waals surface area (Å²) in [5.41, 5.74) is 1.61. The molecule has 1 N–H and O–H groups in total. The molecule has 0 aliphatic heterocycles. The molecule has 1 fully saturated rings. The number of phenolic OH excluding ortho intramolecular Hbond substituents is 1. The van der Waals surface area contributed by atoms with Gasteiger partial charge in [-0.05, 0) is 36.3 Å². The molecule has 2 aliphatic rings. The normalized spacial score (nSPS) is 26.2. The maximum absolute atomic E-state index is 12.2. The summed E-state index contributed by atoms with van der Waals surface area (Å²) in [6, 6.07) is 1.70. The van der Waals surface area contributed by atoms with E-state index in [2.05, 4.69) is 15.9 Å². The van der Waals surface area contributed by atoms with Gasteiger partial charge in [0.15, 0.2) is 11.5 Å². The van der Waals surface area contributed by atoms with Gasteiger partial charge >= 0.3 is 5.97 Å². The molecule has 0 saturated heterocycles. The third kappa shape index (κ3) is 2.63. The van der Waals surface area contributed by atoms with Crippen molar-refractivity contribution in [3.05, 3.63) is 21.7 Å². The molecule has 0 heterocycles. The third-order valence-corrected chi connectivity index (χ3v) is 5.82. The Morgan fingerprint density at radius 2 is 2.09 bits per heavy atom. The van der Waals surface area contributed by atoms with Crippen LogP contribution in [0.15, 0.2) is 10.5 Å². The highest BCUT2D eigenvalue weighted by Crippen LogP contribution is 2.53. The Kier molecular flexibility index (Phi) is 4.36. The molecule has 0 aromatic heterocycles. The van der Waals surface area contributed by atoms with Crippen molar-refractivity contribution in [1.82, 2.24) is 0 Å². The highest BCUT2D eigenvalue weighted by atomic mass is 79.9. The lowest BCUT2D eigenvalue weighted by molar-refractivity contribution is -0.149. The molecule has 5 nitrogen and oxygen atoms in total. The minimum atomic E-state index is -0.283. The monoisotopic (exact) mass is 382 g/mol. The quantitative estimate of drug-likeness (QED) is 0.795. The molecule has 0 spiro atoms. The molecule has 0 bridgehead atoms. The molecule has 1 aromatic carbocycles. The van der Waals surface area contributed by atoms with Crippen molar-refractivity contribution in [3.63, 3.8) is 0 Å². The van der Waals surface area contributed by atoms with Crippen molar-refractivity contribution in [3.8, 4) is 11.5 Å². The minimum absolute atomic E-state index is 0.0116. The third-order valence-electron chi connectivity index (χ3n) is 5.12. The average molecular weight is 383 g/mol. The summed E-state index contributed by atoms with van der Waals surface area (Å²) >= 11 is 3.51. The molecule has 23 heavy (non-hydrogen) atoms. The first kappa shape index (κ1) is 16.3. The number of hydrogen-bond donors (Lipinski definition) is 1. The molecule has 0 amide bonds. The van der Waals surface area contributed by atoms with Gasteiger partial charge in [0.05, 0.1) is 20.1 Å². The first-order valence-corrected chi connectivity index (χ1v) is 8.45. The van der Waals surface area contributed by atoms with Crippen LogP contribution < -0.4 is 4.74 Å². The van der Waals surface area contributed by atoms with E-state index in [0.29, 0.717) is 31.4 Å². The molecular weight excluding hydrogens is 364 g/mol. The first-order chi connectivity index (χ1) is 11.0. The summed E-state index contributed by atoms with van der Waals surface area (Å²) in [6.45, 7) is 0. The van der Waals surface area contributed by atoms with Crippen molar-refractivity contribution in [1.29, 1.82) is 0 Å². The number of Topliss-reactive ketones (excluding diaryl/α,β-unsaturated/α-hetero) is 1. The number of fused-ring (bicyclic) bond motifs is 3. The Morgan fingerprint density at radius 3 is 2.74 bits per heavy atom. The fraction of sp³-hybridized carbons (Fsp3) is 0.529. The predicted octanol–water partition coefficient (Wildman–Crippen LogP) is 2.96. The summed E-state index contributed by atoms with van der Waals surface area (Å²) in [5.74, 6) is -0.0614. The van der Waals surface area contributed by atoms with Crippen LogP contribution in [-0.4, -0.2) is 31.1 Å². The number of ketones is 1. The van der Waals surface area contributed by atoms with E-state index in [4.69, 9.17) is 9.47 Å². The van der Waals surface area contributed by atoms with E-state index >= 15 is 0 Å². The largest absolute Gasteiger partial charge is 0.504 e. The van der Waals surface area contributed by atoms with Crippen LogP contribution in [0, 0.1) is 11.8 Å². The van der Waals surface area contributed by atoms with Crippen LogP contribution in [0.1, 0.15) is 36.3 Å². The van der Waals surface area contributed by atoms with Gasteiger partial charge in [-0.1, -0.05) is 15.9 Å². The molecule has 0 radical (unpaired) electrons. The van der Waals surface area contributed by atoms with Gasteiger partial charge in [-0.2, -0.15) is 0 Å². The van der Waals surface area contributed by atoms with Crippen LogP contribution in [0.2, 0.25) is 0 Å². The number of esters is 1. The summed E-state index contributed by atoms with van der Waals surface area (Å²) in [4.78, 5) is 24.2. The topological polar surface area (TPSA) is 72.8 Å². The molecular formula is C17H19BrO5. The van der Waals surface area contributed by atoms with Crippen molar-refractivity contribution >= 4 is 27.7 Å². The number of benzene rings is 1. The van der Waals surface area contributed by atoms with E-state index in [1.807, 2.05) is 0 Å². The number of halogens is 1. The van der Waals surface area contributed by atoms with Crippen LogP contribution in [0.3, 0.4) is 0 Å². The fourth-order valence-electron chi connectivity index (χ4n) is 4.04. The Hall–Kier alpha value is -1.56. The van der Waals surface area contributed by atoms with E-state index in [9.17, 15) is 14.7 Å². The number of ether oxygens (including phenoxy) is 2. The van der Waals surface area contributed by atoms with Gasteiger partial charge in [-0.3, -0.25) is 9.59 Å². The second kappa shape index (κ2) is 6.15. The fourth-order valence-corrected chi connectivity index (χ4v) is 4.63. The van der Waals surface area contributed by atoms with Crippen LogP contribution in [0.5, 0.6) is 11.5 Å². The molecule has 0 unspecified atom stereocenters. The van der Waals surface area contributed by atoms with Crippen LogP contribution in [0.4, 0.5) is 0 Å². The molecule has 2 aliphatic carbocycles. The van der Waals surface area contributed by atoms with Gasteiger partial charge in [-0.25, -0.2) is 0 Å². The zero-order valence-electron chi connectivity index (χ0n) is 13.1. The maximum atomic E-state index is 12.2. The summed E-state index contributed by atoms with van der Waals surface area (Å²) in [5, 5.41) is 10.6. The van der Waals surface area contributed by atoms with Crippen LogP contribution >= 0.6 is 15.9 Å². The van der Waals surface area contributed by atoms with E-state index in [1.165, 1.54) is 14.2 Å². The Morgan fingerprint density at radius 1 is 1.35 bits per heavy atom. The number of hydrogen-bond acceptors (Lipinski definition) is 5. The Bertz CT molecular complexity index is 669. The van der Waals surface area contributed by atoms with Crippen LogP contribution in [-0.2, 0) is 20.7 Å². The van der Waals surface area contributed by atoms with E-state index in [1.54, 1.807) is 6.07 Å². The molecule has 1 aromatic rings. The summed E-state index contributed by atoms with van der Waals surface area (Å²) < 4.78 is 11.0. The molecule has 124 valence electrons. The smallest absolute Gasteiger partial charge is 0.309 e. The second-order valence-corrected chi connectivity index (χ2v) is 7.04. The lowest BCUT2D eigenvalue weighted by Crippen LogP contribution is -2.39. The van der Waals surface area contributed by atoms with E-state index < -0.39 is 0 Å². The molecule has 1 saturated carbocycles. The van der Waals surface area contributed by atoms with Crippen LogP contribution in [0.25, 0.3) is 0 Å². The van der Waals surface area contributed by atoms with Gasteiger partial charge in [-0.15, -0.1) is 0 Å². The molecule has 3 rings (SSSR count). The molecule has 3 atom stereocenters. The summed E-state index contributed by atoms with van der Waals surface area (Å²) in [7, 11) is 2.89. The Balaban J connectivity index is 2.16. The zero-order valence-corrected chi connectivity index (χ0v) is 14.7. The molecule has 6 heteroatoms. The average Bonchev–Trinajstić information content (AvgIpc) is 2.55. The van der Waals surface area contributed by atoms with Crippen molar-refractivity contribution in [2.45, 2.75) is 31.6 Å². The van der Waals surface area contributed by atoms with Gasteiger partial charge < -0.3 is 14.6 Å². The number of carbonyl (C=O) groups excluding carboxylic acids is 2. The van der Waals surface area contributed by atoms with Gasteiger partial charge in [0.1, 0.15) is 5.78 Å². The van der Waals surface area contributed by atoms with Gasteiger partial charge in [0.25, 0.3) is 0 Å². The van der Waals surface area contributed by atoms with Crippen molar-refractivity contribution in [2.75, 3.05) is 14.2 Å². The van der Waals surface area contributed by atoms with Crippen molar-refractivity contribution < 1.29 is 24.2 Å². The number of aromatic hydroxyl groups is 1. The van der Waals surface area contributed by atoms with Gasteiger partial charge in [0.2, 0.25) is 0 Å². The highest BCUT2D eigenvalue weighted by molar-refractivity contribution is 9.10. The van der Waals surface area contributed by atoms with E-state index in [0.717, 1.165) is 15.6 Å². The Labute approximate surface area is 143 Å². The lowest BCUT2D eigenvalue weighted by Gasteiger charge is -2.41. The van der Waals surface area contributed by atoms with E-state index in [-0.39, 0.29) is 35.3 Å². The second-order valence-electron chi connectivity index (χ2n) is 6.19. The highest BCUT2D eigenvalue weighted by Gasteiger charge is 2.46. The standard InChI is InChI=1S/C17H19BrO5/c1-22-14-7-13(18)12-6-11(17(21)23-2)9-4-3-8(19)5-10(9)15(12)16(14)20/h7,9-11,20H,3-6H2,1-2H3/t9-,10+,11-/m0/s1. The number of carbonyl (C=O) groups is 2. The SMILES string of the molecule is COC(=O)[C@H]1Cc2c(Br)cc(OC)c(O)c2[C@@H]2CC(=O)CC[C@H]12. The van der Waals surface area contributed by atoms with Gasteiger partial charge in [0, 0.05) is 22.9 Å². The zero-order chi connectivity index (χ0) is 16.7. The minimum Gasteiger partial charge on any atom is -0.504 e.